The van der Waals surface area contributed by atoms with Gasteiger partial charge in [0.1, 0.15) is 13.2 Å². The van der Waals surface area contributed by atoms with Crippen LogP contribution in [0.15, 0.2) is 60.8 Å². The number of nitrogens with one attached hydrogen (secondary N) is 1. The zero-order chi connectivity index (χ0) is 39.3. The Kier molecular flexibility index (Phi) is 34.6. The molecule has 0 aliphatic heterocycles. The predicted octanol–water partition coefficient (Wildman–Crippen LogP) is 10.0. The summed E-state index contributed by atoms with van der Waals surface area (Å²) in [5.41, 5.74) is 0. The van der Waals surface area contributed by atoms with E-state index in [-0.39, 0.29) is 32.1 Å². The van der Waals surface area contributed by atoms with Gasteiger partial charge >= 0.3 is 7.82 Å². The van der Waals surface area contributed by atoms with Gasteiger partial charge in [-0.2, -0.15) is 0 Å². The first-order chi connectivity index (χ1) is 25.5. The van der Waals surface area contributed by atoms with Crippen LogP contribution in [-0.2, 0) is 18.4 Å². The molecule has 0 saturated carbocycles. The van der Waals surface area contributed by atoms with Crippen molar-refractivity contribution in [2.24, 2.45) is 0 Å². The fourth-order valence-electron chi connectivity index (χ4n) is 5.42. The van der Waals surface area contributed by atoms with Crippen LogP contribution in [-0.4, -0.2) is 85.2 Å². The van der Waals surface area contributed by atoms with Crippen molar-refractivity contribution in [1.82, 2.24) is 5.32 Å². The molecular formula is C43H80N2O7P+. The number of carbonyl (C=O) groups is 1. The van der Waals surface area contributed by atoms with E-state index >= 15 is 0 Å². The molecule has 4 N–H and O–H groups in total. The second kappa shape index (κ2) is 35.8. The number of carbonyl (C=O) groups excluding carboxylic acids is 1. The number of allylic oxidation sites excluding steroid dienone is 9. The highest BCUT2D eigenvalue weighted by Crippen LogP contribution is 2.43. The summed E-state index contributed by atoms with van der Waals surface area (Å²) >= 11 is 0. The Hall–Kier alpha value is -1.84. The molecule has 0 aromatic rings. The lowest BCUT2D eigenvalue weighted by Crippen LogP contribution is -2.45. The van der Waals surface area contributed by atoms with Crippen molar-refractivity contribution in [3.05, 3.63) is 60.8 Å². The Morgan fingerprint density at radius 2 is 1.15 bits per heavy atom. The molecule has 0 aliphatic carbocycles. The van der Waals surface area contributed by atoms with Crippen LogP contribution in [0.2, 0.25) is 0 Å². The quantitative estimate of drug-likeness (QED) is 0.0215. The molecule has 0 saturated heterocycles. The molecule has 9 nitrogen and oxygen atoms in total. The van der Waals surface area contributed by atoms with Crippen LogP contribution >= 0.6 is 7.82 Å². The number of rotatable bonds is 37. The Bertz CT molecular complexity index is 1050. The minimum atomic E-state index is -4.36. The van der Waals surface area contributed by atoms with Crippen LogP contribution in [0.3, 0.4) is 0 Å². The molecule has 0 fully saturated rings. The third-order valence-corrected chi connectivity index (χ3v) is 9.77. The van der Waals surface area contributed by atoms with Crippen LogP contribution in [0, 0.1) is 0 Å². The number of amides is 1. The predicted molar refractivity (Wildman–Crippen MR) is 223 cm³/mol. The maximum Gasteiger partial charge on any atom is 0.472 e. The number of nitrogens with zero attached hydrogens (tertiary/aromatic N) is 1. The van der Waals surface area contributed by atoms with Crippen molar-refractivity contribution in [3.8, 4) is 0 Å². The zero-order valence-corrected chi connectivity index (χ0v) is 35.1. The average Bonchev–Trinajstić information content (AvgIpc) is 3.10. The van der Waals surface area contributed by atoms with Gasteiger partial charge in [-0.1, -0.05) is 138 Å². The molecular weight excluding hydrogens is 687 g/mol. The molecule has 1 unspecified atom stereocenters. The highest BCUT2D eigenvalue weighted by Gasteiger charge is 2.27. The van der Waals surface area contributed by atoms with Gasteiger partial charge in [-0.3, -0.25) is 13.8 Å². The highest BCUT2D eigenvalue weighted by molar-refractivity contribution is 7.47. The molecule has 0 aromatic carbocycles. The summed E-state index contributed by atoms with van der Waals surface area (Å²) in [6.45, 7) is 2.75. The number of aliphatic hydroxyl groups is 2. The third kappa shape index (κ3) is 38.2. The van der Waals surface area contributed by atoms with Crippen molar-refractivity contribution in [2.45, 2.75) is 160 Å². The number of unbranched alkanes of at least 4 members (excludes halogenated alkanes) is 15. The molecule has 0 radical (unpaired) electrons. The Morgan fingerprint density at radius 1 is 0.679 bits per heavy atom. The van der Waals surface area contributed by atoms with E-state index in [1.54, 1.807) is 6.08 Å². The zero-order valence-electron chi connectivity index (χ0n) is 34.2. The SMILES string of the molecule is CCCCCCCCCCCCC/C=C/[C@@H](O)[C@H](COP(=O)(O)OCC[N+](C)(C)C)NC(=O)CCC/C=C\C/C=C\C/C=C\C/C=C\CCCCCO. The summed E-state index contributed by atoms with van der Waals surface area (Å²) in [5, 5.41) is 22.5. The number of likely N-dealkylation sites (N-methyl/N-ethyl adjacent to an activating group) is 1. The van der Waals surface area contributed by atoms with Gasteiger partial charge in [0.15, 0.2) is 0 Å². The first-order valence-corrected chi connectivity index (χ1v) is 22.3. The Balaban J connectivity index is 4.59. The molecule has 1 amide bonds. The molecule has 10 heteroatoms. The Morgan fingerprint density at radius 3 is 1.68 bits per heavy atom. The second-order valence-electron chi connectivity index (χ2n) is 15.1. The number of aliphatic hydroxyl groups excluding tert-OH is 2. The smallest absolute Gasteiger partial charge is 0.396 e. The van der Waals surface area contributed by atoms with Crippen LogP contribution in [0.1, 0.15) is 148 Å². The average molecular weight is 768 g/mol. The number of hydrogen-bond donors (Lipinski definition) is 4. The molecule has 0 heterocycles. The summed E-state index contributed by atoms with van der Waals surface area (Å²) < 4.78 is 23.4. The van der Waals surface area contributed by atoms with Gasteiger partial charge in [-0.15, -0.1) is 0 Å². The van der Waals surface area contributed by atoms with Crippen molar-refractivity contribution in [3.63, 3.8) is 0 Å². The summed E-state index contributed by atoms with van der Waals surface area (Å²) in [6, 6.07) is -0.883. The summed E-state index contributed by atoms with van der Waals surface area (Å²) in [6.07, 6.45) is 43.0. The largest absolute Gasteiger partial charge is 0.472 e. The van der Waals surface area contributed by atoms with Crippen molar-refractivity contribution >= 4 is 13.7 Å². The topological polar surface area (TPSA) is 125 Å². The van der Waals surface area contributed by atoms with E-state index in [1.807, 2.05) is 27.2 Å². The van der Waals surface area contributed by atoms with E-state index in [9.17, 15) is 19.4 Å². The van der Waals surface area contributed by atoms with E-state index in [1.165, 1.54) is 57.8 Å². The lowest BCUT2D eigenvalue weighted by atomic mass is 10.0. The maximum atomic E-state index is 12.8. The van der Waals surface area contributed by atoms with Crippen LogP contribution < -0.4 is 5.32 Å². The van der Waals surface area contributed by atoms with E-state index in [0.29, 0.717) is 17.4 Å². The van der Waals surface area contributed by atoms with Gasteiger partial charge in [0.25, 0.3) is 0 Å². The molecule has 3 atom stereocenters. The summed E-state index contributed by atoms with van der Waals surface area (Å²) in [4.78, 5) is 23.0. The lowest BCUT2D eigenvalue weighted by Gasteiger charge is -2.25. The van der Waals surface area contributed by atoms with Crippen molar-refractivity contribution in [2.75, 3.05) is 47.5 Å². The molecule has 53 heavy (non-hydrogen) atoms. The highest BCUT2D eigenvalue weighted by atomic mass is 31.2. The molecule has 308 valence electrons. The third-order valence-electron chi connectivity index (χ3n) is 8.79. The van der Waals surface area contributed by atoms with Gasteiger partial charge in [-0.25, -0.2) is 4.57 Å². The fourth-order valence-corrected chi connectivity index (χ4v) is 6.16. The standard InChI is InChI=1S/C43H79N2O7P/c1-5-6-7-8-9-10-11-17-20-23-26-29-32-35-42(47)41(40-52-53(49,50)51-39-37-45(2,3)4)44-43(48)36-33-30-27-24-21-18-15-13-12-14-16-19-22-25-28-31-34-38-46/h12,14-15,18-19,22,24,27,32,35,41-42,46-47H,5-11,13,16-17,20-21,23,25-26,28-31,33-34,36-40H2,1-4H3,(H-,44,48,49,50)/p+1/b14-12-,18-15-,22-19-,27-24-,35-32+/t41-,42+/m0/s1. The number of phosphoric ester groups is 1. The molecule has 0 aromatic heterocycles. The van der Waals surface area contributed by atoms with E-state index in [2.05, 4.69) is 60.8 Å². The van der Waals surface area contributed by atoms with Gasteiger partial charge in [-0.05, 0) is 64.2 Å². The molecule has 0 bridgehead atoms. The fraction of sp³-hybridized carbons (Fsp3) is 0.744. The van der Waals surface area contributed by atoms with Crippen LogP contribution in [0.25, 0.3) is 0 Å². The van der Waals surface area contributed by atoms with E-state index < -0.39 is 20.0 Å². The number of quaternary nitrogens is 1. The van der Waals surface area contributed by atoms with E-state index in [0.717, 1.165) is 70.6 Å². The first-order valence-electron chi connectivity index (χ1n) is 20.8. The Labute approximate surface area is 324 Å². The summed E-state index contributed by atoms with van der Waals surface area (Å²) in [5.74, 6) is -0.244. The minimum absolute atomic E-state index is 0.0438. The van der Waals surface area contributed by atoms with Crippen molar-refractivity contribution in [1.29, 1.82) is 0 Å². The van der Waals surface area contributed by atoms with Crippen molar-refractivity contribution < 1.29 is 38.0 Å². The maximum absolute atomic E-state index is 12.8. The van der Waals surface area contributed by atoms with Gasteiger partial charge in [0, 0.05) is 13.0 Å². The second-order valence-corrected chi connectivity index (χ2v) is 16.5. The minimum Gasteiger partial charge on any atom is -0.396 e. The number of phosphoric acid groups is 1. The van der Waals surface area contributed by atoms with Gasteiger partial charge < -0.3 is 24.9 Å². The molecule has 0 aliphatic rings. The normalized spacial score (nSPS) is 15.1. The number of hydrogen-bond acceptors (Lipinski definition) is 6. The first kappa shape index (κ1) is 51.2. The van der Waals surface area contributed by atoms with E-state index in [4.69, 9.17) is 14.2 Å². The lowest BCUT2D eigenvalue weighted by molar-refractivity contribution is -0.870. The molecule has 0 spiro atoms. The van der Waals surface area contributed by atoms with Gasteiger partial charge in [0.2, 0.25) is 5.91 Å². The molecule has 0 rings (SSSR count). The van der Waals surface area contributed by atoms with Gasteiger partial charge in [0.05, 0.1) is 39.9 Å². The summed E-state index contributed by atoms with van der Waals surface area (Å²) in [7, 11) is 1.51. The van der Waals surface area contributed by atoms with Crippen LogP contribution in [0.5, 0.6) is 0 Å². The van der Waals surface area contributed by atoms with Crippen LogP contribution in [0.4, 0.5) is 0 Å². The monoisotopic (exact) mass is 768 g/mol.